The van der Waals surface area contributed by atoms with E-state index in [2.05, 4.69) is 23.7 Å². The molecule has 0 atom stereocenters. The van der Waals surface area contributed by atoms with Gasteiger partial charge < -0.3 is 5.32 Å². The molecule has 66 valence electrons. The van der Waals surface area contributed by atoms with Gasteiger partial charge in [-0.25, -0.2) is 0 Å². The second kappa shape index (κ2) is 3.58. The van der Waals surface area contributed by atoms with Gasteiger partial charge in [0.15, 0.2) is 0 Å². The van der Waals surface area contributed by atoms with Gasteiger partial charge in [-0.2, -0.15) is 0 Å². The molecule has 1 heterocycles. The van der Waals surface area contributed by atoms with Crippen molar-refractivity contribution in [1.29, 1.82) is 0 Å². The summed E-state index contributed by atoms with van der Waals surface area (Å²) < 4.78 is 0. The summed E-state index contributed by atoms with van der Waals surface area (Å²) in [5, 5.41) is 5.67. The van der Waals surface area contributed by atoms with Crippen LogP contribution in [0.25, 0.3) is 0 Å². The van der Waals surface area contributed by atoms with E-state index in [-0.39, 0.29) is 0 Å². The first-order chi connectivity index (χ1) is 5.86. The van der Waals surface area contributed by atoms with Crippen LogP contribution in [0.5, 0.6) is 0 Å². The fourth-order valence-electron chi connectivity index (χ4n) is 1.30. The van der Waals surface area contributed by atoms with E-state index in [4.69, 9.17) is 0 Å². The minimum Gasteiger partial charge on any atom is -0.312 e. The quantitative estimate of drug-likeness (QED) is 0.752. The third-order valence-electron chi connectivity index (χ3n) is 2.38. The number of hydrogen-bond acceptors (Lipinski definition) is 2. The van der Waals surface area contributed by atoms with E-state index in [1.165, 1.54) is 29.8 Å². The molecule has 1 aromatic rings. The lowest BCUT2D eigenvalue weighted by Gasteiger charge is -2.01. The molecule has 0 spiro atoms. The minimum atomic E-state index is 0.991. The Labute approximate surface area is 77.8 Å². The number of nitrogens with one attached hydrogen (secondary N) is 1. The van der Waals surface area contributed by atoms with Gasteiger partial charge in [0, 0.05) is 11.4 Å². The number of rotatable bonds is 4. The maximum atomic E-state index is 3.50. The van der Waals surface area contributed by atoms with Gasteiger partial charge in [0.05, 0.1) is 0 Å². The van der Waals surface area contributed by atoms with Crippen molar-refractivity contribution in [2.75, 3.05) is 6.54 Å². The molecule has 0 aliphatic heterocycles. The molecule has 0 bridgehead atoms. The highest BCUT2D eigenvalue weighted by Gasteiger charge is 2.20. The van der Waals surface area contributed by atoms with E-state index in [1.54, 1.807) is 0 Å². The van der Waals surface area contributed by atoms with Crippen LogP contribution >= 0.6 is 11.3 Å². The number of hydrogen-bond donors (Lipinski definition) is 1. The Hall–Kier alpha value is -0.340. The normalized spacial score (nSPS) is 16.8. The maximum Gasteiger partial charge on any atom is 0.0302 e. The van der Waals surface area contributed by atoms with Crippen LogP contribution in [0.2, 0.25) is 0 Å². The molecule has 2 rings (SSSR count). The van der Waals surface area contributed by atoms with E-state index in [0.29, 0.717) is 0 Å². The van der Waals surface area contributed by atoms with Gasteiger partial charge in [0.25, 0.3) is 0 Å². The molecule has 1 N–H and O–H groups in total. The third kappa shape index (κ3) is 2.08. The van der Waals surface area contributed by atoms with Crippen LogP contribution in [0.4, 0.5) is 0 Å². The van der Waals surface area contributed by atoms with Crippen LogP contribution in [0.1, 0.15) is 23.3 Å². The highest BCUT2D eigenvalue weighted by molar-refractivity contribution is 7.10. The zero-order valence-corrected chi connectivity index (χ0v) is 8.29. The lowest BCUT2D eigenvalue weighted by atomic mass is 10.3. The lowest BCUT2D eigenvalue weighted by Crippen LogP contribution is -2.15. The highest BCUT2D eigenvalue weighted by Crippen LogP contribution is 2.27. The van der Waals surface area contributed by atoms with Crippen LogP contribution in [0.3, 0.4) is 0 Å². The fourth-order valence-corrected chi connectivity index (χ4v) is 2.17. The fraction of sp³-hybridized carbons (Fsp3) is 0.600. The van der Waals surface area contributed by atoms with Crippen LogP contribution in [0.15, 0.2) is 11.4 Å². The van der Waals surface area contributed by atoms with Crippen molar-refractivity contribution in [3.05, 3.63) is 21.9 Å². The van der Waals surface area contributed by atoms with Gasteiger partial charge in [0.2, 0.25) is 0 Å². The smallest absolute Gasteiger partial charge is 0.0302 e. The summed E-state index contributed by atoms with van der Waals surface area (Å²) >= 11 is 1.86. The molecule has 0 aromatic carbocycles. The predicted molar refractivity (Wildman–Crippen MR) is 53.5 cm³/mol. The van der Waals surface area contributed by atoms with Gasteiger partial charge >= 0.3 is 0 Å². The molecular weight excluding hydrogens is 166 g/mol. The van der Waals surface area contributed by atoms with Crippen LogP contribution in [-0.4, -0.2) is 6.54 Å². The van der Waals surface area contributed by atoms with Gasteiger partial charge in [-0.1, -0.05) is 0 Å². The van der Waals surface area contributed by atoms with Gasteiger partial charge in [-0.3, -0.25) is 0 Å². The Morgan fingerprint density at radius 1 is 1.58 bits per heavy atom. The standard InChI is InChI=1S/C10H15NS/c1-8-4-5-12-10(8)7-11-6-9-2-3-9/h4-5,9,11H,2-3,6-7H2,1H3. The van der Waals surface area contributed by atoms with Gasteiger partial charge in [-0.05, 0) is 49.2 Å². The molecule has 1 fully saturated rings. The molecule has 1 nitrogen and oxygen atoms in total. The summed E-state index contributed by atoms with van der Waals surface area (Å²) in [7, 11) is 0. The first-order valence-corrected chi connectivity index (χ1v) is 5.48. The van der Waals surface area contributed by atoms with Crippen LogP contribution in [-0.2, 0) is 6.54 Å². The van der Waals surface area contributed by atoms with E-state index in [1.807, 2.05) is 11.3 Å². The molecule has 12 heavy (non-hydrogen) atoms. The minimum absolute atomic E-state index is 0.991. The first-order valence-electron chi connectivity index (χ1n) is 4.60. The zero-order valence-electron chi connectivity index (χ0n) is 7.47. The van der Waals surface area contributed by atoms with E-state index in [0.717, 1.165) is 12.5 Å². The van der Waals surface area contributed by atoms with Gasteiger partial charge in [-0.15, -0.1) is 11.3 Å². The number of aryl methyl sites for hydroxylation is 1. The number of thiophene rings is 1. The monoisotopic (exact) mass is 181 g/mol. The van der Waals surface area contributed by atoms with E-state index in [9.17, 15) is 0 Å². The van der Waals surface area contributed by atoms with Crippen molar-refractivity contribution in [3.63, 3.8) is 0 Å². The molecule has 0 unspecified atom stereocenters. The molecule has 1 saturated carbocycles. The lowest BCUT2D eigenvalue weighted by molar-refractivity contribution is 0.642. The Kier molecular flexibility index (Phi) is 2.47. The Balaban J connectivity index is 1.75. The van der Waals surface area contributed by atoms with Crippen LogP contribution in [0, 0.1) is 12.8 Å². The summed E-state index contributed by atoms with van der Waals surface area (Å²) in [4.78, 5) is 1.50. The summed E-state index contributed by atoms with van der Waals surface area (Å²) in [6, 6.07) is 2.19. The van der Waals surface area contributed by atoms with Gasteiger partial charge in [0.1, 0.15) is 0 Å². The largest absolute Gasteiger partial charge is 0.312 e. The Bertz CT molecular complexity index is 250. The molecule has 1 aromatic heterocycles. The second-order valence-corrected chi connectivity index (χ2v) is 4.60. The molecule has 0 amide bonds. The maximum absolute atomic E-state index is 3.50. The molecule has 0 saturated heterocycles. The third-order valence-corrected chi connectivity index (χ3v) is 3.41. The van der Waals surface area contributed by atoms with E-state index >= 15 is 0 Å². The summed E-state index contributed by atoms with van der Waals surface area (Å²) in [5.74, 6) is 0.991. The molecular formula is C10H15NS. The second-order valence-electron chi connectivity index (χ2n) is 3.60. The van der Waals surface area contributed by atoms with Crippen molar-refractivity contribution < 1.29 is 0 Å². The van der Waals surface area contributed by atoms with Crippen molar-refractivity contribution in [3.8, 4) is 0 Å². The summed E-state index contributed by atoms with van der Waals surface area (Å²) in [6.45, 7) is 4.47. The molecule has 2 heteroatoms. The highest BCUT2D eigenvalue weighted by atomic mass is 32.1. The molecule has 1 aliphatic rings. The Morgan fingerprint density at radius 2 is 2.42 bits per heavy atom. The molecule has 1 aliphatic carbocycles. The van der Waals surface area contributed by atoms with E-state index < -0.39 is 0 Å². The van der Waals surface area contributed by atoms with Crippen molar-refractivity contribution in [1.82, 2.24) is 5.32 Å². The average Bonchev–Trinajstić information content (AvgIpc) is 2.78. The summed E-state index contributed by atoms with van der Waals surface area (Å²) in [6.07, 6.45) is 2.88. The SMILES string of the molecule is Cc1ccsc1CNCC1CC1. The summed E-state index contributed by atoms with van der Waals surface area (Å²) in [5.41, 5.74) is 1.43. The van der Waals surface area contributed by atoms with Crippen molar-refractivity contribution in [2.45, 2.75) is 26.3 Å². The zero-order chi connectivity index (χ0) is 8.39. The molecule has 0 radical (unpaired) electrons. The van der Waals surface area contributed by atoms with Crippen LogP contribution < -0.4 is 5.32 Å². The predicted octanol–water partition coefficient (Wildman–Crippen LogP) is 2.56. The van der Waals surface area contributed by atoms with Crippen molar-refractivity contribution in [2.24, 2.45) is 5.92 Å². The van der Waals surface area contributed by atoms with Crippen molar-refractivity contribution >= 4 is 11.3 Å². The average molecular weight is 181 g/mol. The Morgan fingerprint density at radius 3 is 3.00 bits per heavy atom. The topological polar surface area (TPSA) is 12.0 Å². The first kappa shape index (κ1) is 8.27.